The van der Waals surface area contributed by atoms with Crippen LogP contribution in [0.25, 0.3) is 0 Å². The second-order valence-electron chi connectivity index (χ2n) is 3.99. The van der Waals surface area contributed by atoms with E-state index < -0.39 is 0 Å². The van der Waals surface area contributed by atoms with Gasteiger partial charge in [0, 0.05) is 31.8 Å². The summed E-state index contributed by atoms with van der Waals surface area (Å²) in [6, 6.07) is 5.63. The second kappa shape index (κ2) is 5.39. The Balaban J connectivity index is 1.92. The number of aromatic nitrogens is 3. The summed E-state index contributed by atoms with van der Waals surface area (Å²) in [5, 5.41) is 11.2. The van der Waals surface area contributed by atoms with Gasteiger partial charge in [0.25, 0.3) is 0 Å². The van der Waals surface area contributed by atoms with E-state index in [4.69, 9.17) is 10.5 Å². The number of benzene rings is 1. The molecule has 6 heteroatoms. The predicted molar refractivity (Wildman–Crippen MR) is 70.6 cm³/mol. The van der Waals surface area contributed by atoms with Crippen LogP contribution in [0.4, 0.5) is 11.4 Å². The number of nitrogens with two attached hydrogens (primary N) is 1. The summed E-state index contributed by atoms with van der Waals surface area (Å²) >= 11 is 0. The molecule has 1 heterocycles. The summed E-state index contributed by atoms with van der Waals surface area (Å²) in [6.07, 6.45) is 2.50. The van der Waals surface area contributed by atoms with E-state index in [2.05, 4.69) is 15.5 Å². The maximum Gasteiger partial charge on any atom is 0.143 e. The van der Waals surface area contributed by atoms with E-state index in [0.29, 0.717) is 11.4 Å². The highest BCUT2D eigenvalue weighted by Gasteiger charge is 2.02. The van der Waals surface area contributed by atoms with E-state index in [0.717, 1.165) is 24.5 Å². The van der Waals surface area contributed by atoms with Gasteiger partial charge in [0.1, 0.15) is 17.9 Å². The summed E-state index contributed by atoms with van der Waals surface area (Å²) in [7, 11) is 3.54. The molecule has 0 radical (unpaired) electrons. The van der Waals surface area contributed by atoms with Gasteiger partial charge in [-0.1, -0.05) is 0 Å². The quantitative estimate of drug-likeness (QED) is 0.772. The van der Waals surface area contributed by atoms with Crippen molar-refractivity contribution in [3.05, 3.63) is 30.4 Å². The largest absolute Gasteiger partial charge is 0.495 e. The Kier molecular flexibility index (Phi) is 3.66. The van der Waals surface area contributed by atoms with Crippen molar-refractivity contribution in [1.82, 2.24) is 14.8 Å². The molecule has 1 aromatic carbocycles. The van der Waals surface area contributed by atoms with Crippen LogP contribution in [0.2, 0.25) is 0 Å². The fourth-order valence-corrected chi connectivity index (χ4v) is 1.67. The average Bonchev–Trinajstić information content (AvgIpc) is 2.77. The molecule has 3 N–H and O–H groups in total. The summed E-state index contributed by atoms with van der Waals surface area (Å²) < 4.78 is 7.07. The van der Waals surface area contributed by atoms with Gasteiger partial charge in [-0.05, 0) is 12.1 Å². The second-order valence-corrected chi connectivity index (χ2v) is 3.99. The molecule has 0 spiro atoms. The normalized spacial score (nSPS) is 10.3. The average molecular weight is 247 g/mol. The molecule has 2 rings (SSSR count). The number of aryl methyl sites for hydroxylation is 1. The summed E-state index contributed by atoms with van der Waals surface area (Å²) in [4.78, 5) is 0. The molecule has 0 aliphatic rings. The smallest absolute Gasteiger partial charge is 0.143 e. The molecule has 0 amide bonds. The Morgan fingerprint density at radius 3 is 2.94 bits per heavy atom. The molecule has 6 nitrogen and oxygen atoms in total. The monoisotopic (exact) mass is 247 g/mol. The van der Waals surface area contributed by atoms with Crippen LogP contribution in [0.5, 0.6) is 5.75 Å². The van der Waals surface area contributed by atoms with Crippen LogP contribution in [-0.2, 0) is 13.5 Å². The first-order valence-corrected chi connectivity index (χ1v) is 5.71. The molecule has 0 saturated heterocycles. The Bertz CT molecular complexity index is 523. The molecule has 0 aliphatic carbocycles. The minimum atomic E-state index is 0.636. The lowest BCUT2D eigenvalue weighted by atomic mass is 10.2. The van der Waals surface area contributed by atoms with Gasteiger partial charge in [-0.25, -0.2) is 0 Å². The lowest BCUT2D eigenvalue weighted by molar-refractivity contribution is 0.417. The highest BCUT2D eigenvalue weighted by atomic mass is 16.5. The molecule has 0 fully saturated rings. The van der Waals surface area contributed by atoms with Gasteiger partial charge in [0.2, 0.25) is 0 Å². The highest BCUT2D eigenvalue weighted by molar-refractivity contribution is 5.61. The van der Waals surface area contributed by atoms with Crippen molar-refractivity contribution >= 4 is 11.4 Å². The van der Waals surface area contributed by atoms with Gasteiger partial charge in [0.15, 0.2) is 0 Å². The number of rotatable bonds is 5. The zero-order chi connectivity index (χ0) is 13.0. The minimum absolute atomic E-state index is 0.636. The number of ether oxygens (including phenoxy) is 1. The minimum Gasteiger partial charge on any atom is -0.495 e. The number of methoxy groups -OCH3 is 1. The fourth-order valence-electron chi connectivity index (χ4n) is 1.67. The van der Waals surface area contributed by atoms with Crippen molar-refractivity contribution < 1.29 is 4.74 Å². The summed E-state index contributed by atoms with van der Waals surface area (Å²) in [5.74, 6) is 1.63. The predicted octanol–water partition coefficient (Wildman–Crippen LogP) is 1.06. The molecular formula is C12H17N5O. The van der Waals surface area contributed by atoms with Crippen molar-refractivity contribution in [2.75, 3.05) is 24.7 Å². The van der Waals surface area contributed by atoms with Crippen molar-refractivity contribution in [1.29, 1.82) is 0 Å². The fraction of sp³-hybridized carbons (Fsp3) is 0.333. The number of hydrogen-bond acceptors (Lipinski definition) is 5. The third-order valence-electron chi connectivity index (χ3n) is 2.72. The Morgan fingerprint density at radius 1 is 1.44 bits per heavy atom. The molecular weight excluding hydrogens is 230 g/mol. The third kappa shape index (κ3) is 2.71. The Hall–Kier alpha value is -2.24. The van der Waals surface area contributed by atoms with Gasteiger partial charge in [-0.15, -0.1) is 10.2 Å². The molecule has 0 unspecified atom stereocenters. The van der Waals surface area contributed by atoms with Crippen molar-refractivity contribution in [2.45, 2.75) is 6.42 Å². The lowest BCUT2D eigenvalue weighted by Gasteiger charge is -2.09. The van der Waals surface area contributed by atoms with E-state index in [-0.39, 0.29) is 0 Å². The van der Waals surface area contributed by atoms with E-state index in [9.17, 15) is 0 Å². The maximum absolute atomic E-state index is 5.75. The molecule has 18 heavy (non-hydrogen) atoms. The van der Waals surface area contributed by atoms with E-state index >= 15 is 0 Å². The van der Waals surface area contributed by atoms with Crippen molar-refractivity contribution in [3.8, 4) is 5.75 Å². The standard InChI is InChI=1S/C12H17N5O/c1-17-8-15-16-12(17)5-6-14-9-3-4-10(13)11(7-9)18-2/h3-4,7-8,14H,5-6,13H2,1-2H3. The van der Waals surface area contributed by atoms with Crippen LogP contribution in [0, 0.1) is 0 Å². The van der Waals surface area contributed by atoms with Crippen LogP contribution >= 0.6 is 0 Å². The number of nitrogens with one attached hydrogen (secondary N) is 1. The molecule has 96 valence electrons. The van der Waals surface area contributed by atoms with Gasteiger partial charge >= 0.3 is 0 Å². The van der Waals surface area contributed by atoms with Crippen molar-refractivity contribution in [3.63, 3.8) is 0 Å². The van der Waals surface area contributed by atoms with Gasteiger partial charge in [0.05, 0.1) is 12.8 Å². The third-order valence-corrected chi connectivity index (χ3v) is 2.72. The van der Waals surface area contributed by atoms with Crippen molar-refractivity contribution in [2.24, 2.45) is 7.05 Å². The molecule has 1 aromatic heterocycles. The number of nitrogens with zero attached hydrogens (tertiary/aromatic N) is 3. The topological polar surface area (TPSA) is 78.0 Å². The van der Waals surface area contributed by atoms with Gasteiger partial charge < -0.3 is 20.4 Å². The molecule has 0 aliphatic heterocycles. The SMILES string of the molecule is COc1cc(NCCc2nncn2C)ccc1N. The Morgan fingerprint density at radius 2 is 2.28 bits per heavy atom. The Labute approximate surface area is 106 Å². The van der Waals surface area contributed by atoms with Crippen LogP contribution in [0.1, 0.15) is 5.82 Å². The molecule has 0 atom stereocenters. The zero-order valence-electron chi connectivity index (χ0n) is 10.6. The van der Waals surface area contributed by atoms with Crippen LogP contribution in [0.3, 0.4) is 0 Å². The van der Waals surface area contributed by atoms with Crippen LogP contribution < -0.4 is 15.8 Å². The number of nitrogen functional groups attached to an aromatic ring is 1. The molecule has 0 bridgehead atoms. The number of anilines is 2. The lowest BCUT2D eigenvalue weighted by Crippen LogP contribution is -2.08. The first kappa shape index (κ1) is 12.2. The molecule has 0 saturated carbocycles. The summed E-state index contributed by atoms with van der Waals surface area (Å²) in [6.45, 7) is 0.777. The van der Waals surface area contributed by atoms with Gasteiger partial charge in [-0.2, -0.15) is 0 Å². The highest BCUT2D eigenvalue weighted by Crippen LogP contribution is 2.24. The first-order chi connectivity index (χ1) is 8.70. The van der Waals surface area contributed by atoms with Crippen LogP contribution in [-0.4, -0.2) is 28.4 Å². The van der Waals surface area contributed by atoms with Gasteiger partial charge in [-0.3, -0.25) is 0 Å². The molecule has 2 aromatic rings. The summed E-state index contributed by atoms with van der Waals surface area (Å²) in [5.41, 5.74) is 7.36. The van der Waals surface area contributed by atoms with E-state index in [1.54, 1.807) is 13.4 Å². The van der Waals surface area contributed by atoms with E-state index in [1.165, 1.54) is 0 Å². The first-order valence-electron chi connectivity index (χ1n) is 5.71. The number of hydrogen-bond donors (Lipinski definition) is 2. The van der Waals surface area contributed by atoms with E-state index in [1.807, 2.05) is 29.8 Å². The zero-order valence-corrected chi connectivity index (χ0v) is 10.6. The maximum atomic E-state index is 5.75. The van der Waals surface area contributed by atoms with Crippen LogP contribution in [0.15, 0.2) is 24.5 Å².